The summed E-state index contributed by atoms with van der Waals surface area (Å²) in [6, 6.07) is 1.31. The standard InChI is InChI=1S/C8H13N3O4S2/c1-8(3-5-16(12,13)6-8)11-17(14,15)7-2-4-9-10-7/h2,4,11H,3,5-6H2,1H3,(H,9,10). The Bertz CT molecular complexity index is 605. The molecule has 2 heterocycles. The first-order valence-corrected chi connectivity index (χ1v) is 8.27. The van der Waals surface area contributed by atoms with E-state index in [1.54, 1.807) is 6.92 Å². The van der Waals surface area contributed by atoms with Gasteiger partial charge in [-0.15, -0.1) is 0 Å². The zero-order chi connectivity index (χ0) is 12.7. The van der Waals surface area contributed by atoms with Gasteiger partial charge in [-0.2, -0.15) is 5.10 Å². The Kier molecular flexibility index (Phi) is 2.79. The molecule has 0 aromatic carbocycles. The van der Waals surface area contributed by atoms with Crippen LogP contribution >= 0.6 is 0 Å². The lowest BCUT2D eigenvalue weighted by Gasteiger charge is -2.22. The van der Waals surface area contributed by atoms with Crippen molar-refractivity contribution in [2.24, 2.45) is 0 Å². The minimum Gasteiger partial charge on any atom is -0.266 e. The second-order valence-corrected chi connectivity index (χ2v) is 8.26. The summed E-state index contributed by atoms with van der Waals surface area (Å²) in [6.45, 7) is 1.59. The third-order valence-corrected chi connectivity index (χ3v) is 6.12. The van der Waals surface area contributed by atoms with Crippen LogP contribution < -0.4 is 4.72 Å². The van der Waals surface area contributed by atoms with Gasteiger partial charge in [0.05, 0.1) is 17.7 Å². The number of rotatable bonds is 3. The molecule has 1 fully saturated rings. The van der Waals surface area contributed by atoms with Gasteiger partial charge in [-0.3, -0.25) is 5.10 Å². The average molecular weight is 279 g/mol. The predicted octanol–water partition coefficient (Wildman–Crippen LogP) is -0.735. The van der Waals surface area contributed by atoms with Crippen molar-refractivity contribution in [2.45, 2.75) is 23.9 Å². The first kappa shape index (κ1) is 12.5. The molecule has 0 radical (unpaired) electrons. The number of nitrogens with one attached hydrogen (secondary N) is 2. The molecule has 1 unspecified atom stereocenters. The lowest BCUT2D eigenvalue weighted by molar-refractivity contribution is 0.460. The minimum absolute atomic E-state index is 0.00892. The van der Waals surface area contributed by atoms with Crippen LogP contribution in [-0.4, -0.2) is 44.1 Å². The van der Waals surface area contributed by atoms with E-state index in [-0.39, 0.29) is 23.0 Å². The number of sulfonamides is 1. The van der Waals surface area contributed by atoms with E-state index >= 15 is 0 Å². The van der Waals surface area contributed by atoms with Crippen LogP contribution in [0.3, 0.4) is 0 Å². The van der Waals surface area contributed by atoms with Crippen molar-refractivity contribution in [3.8, 4) is 0 Å². The molecule has 1 aliphatic rings. The molecule has 96 valence electrons. The molecule has 1 aliphatic heterocycles. The van der Waals surface area contributed by atoms with Gasteiger partial charge >= 0.3 is 0 Å². The fourth-order valence-electron chi connectivity index (χ4n) is 1.86. The van der Waals surface area contributed by atoms with Crippen LogP contribution in [0.4, 0.5) is 0 Å². The molecular formula is C8H13N3O4S2. The van der Waals surface area contributed by atoms with Crippen LogP contribution in [0, 0.1) is 0 Å². The van der Waals surface area contributed by atoms with E-state index in [1.165, 1.54) is 12.3 Å². The maximum atomic E-state index is 11.9. The summed E-state index contributed by atoms with van der Waals surface area (Å²) >= 11 is 0. The lowest BCUT2D eigenvalue weighted by Crippen LogP contribution is -2.46. The third kappa shape index (κ3) is 2.67. The van der Waals surface area contributed by atoms with Crippen molar-refractivity contribution in [2.75, 3.05) is 11.5 Å². The molecular weight excluding hydrogens is 266 g/mol. The molecule has 0 bridgehead atoms. The number of hydrogen-bond acceptors (Lipinski definition) is 5. The van der Waals surface area contributed by atoms with Crippen molar-refractivity contribution >= 4 is 19.9 Å². The van der Waals surface area contributed by atoms with Crippen molar-refractivity contribution < 1.29 is 16.8 Å². The molecule has 1 atom stereocenters. The average Bonchev–Trinajstić information content (AvgIpc) is 2.72. The Morgan fingerprint density at radius 2 is 2.24 bits per heavy atom. The summed E-state index contributed by atoms with van der Waals surface area (Å²) in [7, 11) is -6.89. The first-order chi connectivity index (χ1) is 7.73. The van der Waals surface area contributed by atoms with Gasteiger partial charge in [0.1, 0.15) is 0 Å². The summed E-state index contributed by atoms with van der Waals surface area (Å²) in [5, 5.41) is 5.82. The molecule has 0 saturated carbocycles. The van der Waals surface area contributed by atoms with E-state index in [0.717, 1.165) is 0 Å². The fourth-order valence-corrected chi connectivity index (χ4v) is 5.39. The Hall–Kier alpha value is -0.930. The molecule has 1 aromatic heterocycles. The van der Waals surface area contributed by atoms with Crippen LogP contribution in [0.1, 0.15) is 13.3 Å². The van der Waals surface area contributed by atoms with Gasteiger partial charge in [0, 0.05) is 5.54 Å². The van der Waals surface area contributed by atoms with E-state index in [2.05, 4.69) is 14.9 Å². The van der Waals surface area contributed by atoms with Crippen molar-refractivity contribution in [1.82, 2.24) is 14.9 Å². The van der Waals surface area contributed by atoms with E-state index in [9.17, 15) is 16.8 Å². The summed E-state index contributed by atoms with van der Waals surface area (Å²) in [5.41, 5.74) is -0.942. The highest BCUT2D eigenvalue weighted by Crippen LogP contribution is 2.24. The van der Waals surface area contributed by atoms with Crippen molar-refractivity contribution in [1.29, 1.82) is 0 Å². The van der Waals surface area contributed by atoms with Crippen LogP contribution in [0.25, 0.3) is 0 Å². The topological polar surface area (TPSA) is 109 Å². The number of aromatic amines is 1. The highest BCUT2D eigenvalue weighted by atomic mass is 32.2. The minimum atomic E-state index is -3.74. The molecule has 1 aromatic rings. The maximum absolute atomic E-state index is 11.9. The number of sulfone groups is 1. The fraction of sp³-hybridized carbons (Fsp3) is 0.625. The number of aromatic nitrogens is 2. The monoisotopic (exact) mass is 279 g/mol. The van der Waals surface area contributed by atoms with Gasteiger partial charge in [-0.25, -0.2) is 21.6 Å². The quantitative estimate of drug-likeness (QED) is 0.758. The normalized spacial score (nSPS) is 28.3. The van der Waals surface area contributed by atoms with Gasteiger partial charge in [-0.05, 0) is 19.4 Å². The molecule has 17 heavy (non-hydrogen) atoms. The molecule has 0 spiro atoms. The van der Waals surface area contributed by atoms with Crippen LogP contribution in [0.5, 0.6) is 0 Å². The van der Waals surface area contributed by atoms with Gasteiger partial charge in [0.2, 0.25) is 0 Å². The summed E-state index contributed by atoms with van der Waals surface area (Å²) < 4.78 is 48.9. The maximum Gasteiger partial charge on any atom is 0.257 e. The third-order valence-electron chi connectivity index (χ3n) is 2.65. The van der Waals surface area contributed by atoms with Gasteiger partial charge in [0.15, 0.2) is 14.9 Å². The zero-order valence-corrected chi connectivity index (χ0v) is 10.8. The second kappa shape index (κ2) is 3.79. The van der Waals surface area contributed by atoms with E-state index in [1.807, 2.05) is 0 Å². The number of H-pyrrole nitrogens is 1. The highest BCUT2D eigenvalue weighted by molar-refractivity contribution is 7.92. The molecule has 2 N–H and O–H groups in total. The van der Waals surface area contributed by atoms with E-state index in [4.69, 9.17) is 0 Å². The largest absolute Gasteiger partial charge is 0.266 e. The summed E-state index contributed by atoms with van der Waals surface area (Å²) in [6.07, 6.45) is 1.60. The predicted molar refractivity (Wildman–Crippen MR) is 60.6 cm³/mol. The molecule has 7 nitrogen and oxygen atoms in total. The second-order valence-electron chi connectivity index (χ2n) is 4.43. The van der Waals surface area contributed by atoms with Crippen LogP contribution in [-0.2, 0) is 19.9 Å². The number of nitrogens with zero attached hydrogens (tertiary/aromatic N) is 1. The molecule has 9 heteroatoms. The summed E-state index contributed by atoms with van der Waals surface area (Å²) in [4.78, 5) is 0. The van der Waals surface area contributed by atoms with Gasteiger partial charge < -0.3 is 0 Å². The van der Waals surface area contributed by atoms with Crippen molar-refractivity contribution in [3.05, 3.63) is 12.3 Å². The Balaban J connectivity index is 2.23. The molecule has 1 saturated heterocycles. The Morgan fingerprint density at radius 3 is 2.71 bits per heavy atom. The zero-order valence-electron chi connectivity index (χ0n) is 9.17. The number of hydrogen-bond donors (Lipinski definition) is 2. The Morgan fingerprint density at radius 1 is 1.53 bits per heavy atom. The van der Waals surface area contributed by atoms with E-state index < -0.39 is 25.4 Å². The molecule has 0 aliphatic carbocycles. The molecule has 0 amide bonds. The van der Waals surface area contributed by atoms with Crippen molar-refractivity contribution in [3.63, 3.8) is 0 Å². The SMILES string of the molecule is CC1(NS(=O)(=O)c2ccn[nH]2)CCS(=O)(=O)C1. The molecule has 2 rings (SSSR count). The summed E-state index contributed by atoms with van der Waals surface area (Å²) in [5.74, 6) is -0.164. The smallest absolute Gasteiger partial charge is 0.257 e. The first-order valence-electron chi connectivity index (χ1n) is 4.96. The van der Waals surface area contributed by atoms with Gasteiger partial charge in [0.25, 0.3) is 10.0 Å². The van der Waals surface area contributed by atoms with Gasteiger partial charge in [-0.1, -0.05) is 0 Å². The van der Waals surface area contributed by atoms with Crippen LogP contribution in [0.2, 0.25) is 0 Å². The van der Waals surface area contributed by atoms with Crippen LogP contribution in [0.15, 0.2) is 17.3 Å². The lowest BCUT2D eigenvalue weighted by atomic mass is 10.0. The van der Waals surface area contributed by atoms with E-state index in [0.29, 0.717) is 0 Å². The highest BCUT2D eigenvalue weighted by Gasteiger charge is 2.41. The Labute approximate surface area is 99.6 Å².